The molecule has 0 spiro atoms. The first-order chi connectivity index (χ1) is 10.8. The molecule has 1 unspecified atom stereocenters. The maximum absolute atomic E-state index is 12.9. The molecule has 120 valence electrons. The predicted molar refractivity (Wildman–Crippen MR) is 86.6 cm³/mol. The molecule has 1 aromatic heterocycles. The summed E-state index contributed by atoms with van der Waals surface area (Å²) in [5, 5.41) is 6.65. The fourth-order valence-electron chi connectivity index (χ4n) is 2.71. The summed E-state index contributed by atoms with van der Waals surface area (Å²) in [5.41, 5.74) is 1.10. The highest BCUT2D eigenvalue weighted by Crippen LogP contribution is 2.31. The number of aromatic nitrogens is 1. The zero-order valence-electron chi connectivity index (χ0n) is 13.0. The minimum atomic E-state index is -1.07. The van der Waals surface area contributed by atoms with E-state index in [1.165, 1.54) is 4.90 Å². The monoisotopic (exact) mass is 377 g/mol. The number of nitrogens with zero attached hydrogens (tertiary/aromatic N) is 2. The van der Waals surface area contributed by atoms with Crippen molar-refractivity contribution in [2.75, 3.05) is 0 Å². The lowest BCUT2D eigenvalue weighted by Gasteiger charge is -2.22. The molecule has 2 heterocycles. The smallest absolute Gasteiger partial charge is 0.325 e. The molecule has 1 saturated heterocycles. The van der Waals surface area contributed by atoms with Crippen molar-refractivity contribution >= 4 is 27.9 Å². The molecule has 1 atom stereocenters. The van der Waals surface area contributed by atoms with E-state index in [4.69, 9.17) is 4.52 Å². The van der Waals surface area contributed by atoms with E-state index in [-0.39, 0.29) is 12.5 Å². The molecule has 1 aliphatic rings. The zero-order valence-corrected chi connectivity index (χ0v) is 14.6. The van der Waals surface area contributed by atoms with Gasteiger partial charge in [-0.25, -0.2) is 4.79 Å². The Morgan fingerprint density at radius 1 is 1.26 bits per heavy atom. The van der Waals surface area contributed by atoms with E-state index in [1.54, 1.807) is 20.8 Å². The van der Waals surface area contributed by atoms with Crippen LogP contribution in [0.4, 0.5) is 4.79 Å². The molecular weight excluding hydrogens is 362 g/mol. The van der Waals surface area contributed by atoms with Crippen LogP contribution < -0.4 is 5.32 Å². The Bertz CT molecular complexity index is 765. The summed E-state index contributed by atoms with van der Waals surface area (Å²) < 4.78 is 6.01. The Labute approximate surface area is 142 Å². The van der Waals surface area contributed by atoms with Crippen LogP contribution in [0.15, 0.2) is 33.3 Å². The van der Waals surface area contributed by atoms with Crippen LogP contribution in [0, 0.1) is 13.8 Å². The highest BCUT2D eigenvalue weighted by atomic mass is 79.9. The van der Waals surface area contributed by atoms with Gasteiger partial charge < -0.3 is 9.84 Å². The number of nitrogens with one attached hydrogen (secondary N) is 1. The fraction of sp³-hybridized carbons (Fsp3) is 0.312. The molecule has 2 aromatic rings. The number of rotatable bonds is 3. The summed E-state index contributed by atoms with van der Waals surface area (Å²) in [5.74, 6) is 0.324. The predicted octanol–water partition coefficient (Wildman–Crippen LogP) is 3.02. The van der Waals surface area contributed by atoms with Crippen LogP contribution in [-0.2, 0) is 16.9 Å². The fourth-order valence-corrected chi connectivity index (χ4v) is 2.97. The van der Waals surface area contributed by atoms with Crippen LogP contribution in [-0.4, -0.2) is 22.0 Å². The normalized spacial score (nSPS) is 21.0. The van der Waals surface area contributed by atoms with Crippen LogP contribution in [0.3, 0.4) is 0 Å². The van der Waals surface area contributed by atoms with Gasteiger partial charge in [0.2, 0.25) is 0 Å². The third-order valence-electron chi connectivity index (χ3n) is 4.19. The summed E-state index contributed by atoms with van der Waals surface area (Å²) in [6.45, 7) is 5.42. The molecule has 1 N–H and O–H groups in total. The summed E-state index contributed by atoms with van der Waals surface area (Å²) in [7, 11) is 0. The summed E-state index contributed by atoms with van der Waals surface area (Å²) in [6.07, 6.45) is 0. The Kier molecular flexibility index (Phi) is 3.75. The number of hydrogen-bond donors (Lipinski definition) is 1. The van der Waals surface area contributed by atoms with Crippen molar-refractivity contribution in [2.24, 2.45) is 0 Å². The van der Waals surface area contributed by atoms with Gasteiger partial charge in [-0.05, 0) is 38.5 Å². The SMILES string of the molecule is Cc1noc(C)c1CN1C(=O)NC(C)(c2ccc(Br)cc2)C1=O. The summed E-state index contributed by atoms with van der Waals surface area (Å²) in [6, 6.07) is 6.91. The van der Waals surface area contributed by atoms with Gasteiger partial charge in [-0.3, -0.25) is 9.69 Å². The number of amides is 3. The Hall–Kier alpha value is -2.15. The van der Waals surface area contributed by atoms with Gasteiger partial charge in [0, 0.05) is 10.0 Å². The van der Waals surface area contributed by atoms with Gasteiger partial charge in [-0.1, -0.05) is 33.2 Å². The molecule has 0 radical (unpaired) electrons. The largest absolute Gasteiger partial charge is 0.361 e. The Balaban J connectivity index is 1.92. The number of aryl methyl sites for hydroxylation is 2. The van der Waals surface area contributed by atoms with Gasteiger partial charge in [0.15, 0.2) is 0 Å². The van der Waals surface area contributed by atoms with Crippen molar-refractivity contribution in [3.05, 3.63) is 51.3 Å². The van der Waals surface area contributed by atoms with Gasteiger partial charge in [0.25, 0.3) is 5.91 Å². The van der Waals surface area contributed by atoms with Crippen molar-refractivity contribution in [2.45, 2.75) is 32.9 Å². The average Bonchev–Trinajstić information content (AvgIpc) is 2.93. The molecule has 6 nitrogen and oxygen atoms in total. The molecule has 1 fully saturated rings. The second-order valence-corrected chi connectivity index (χ2v) is 6.67. The van der Waals surface area contributed by atoms with Crippen molar-refractivity contribution in [1.29, 1.82) is 0 Å². The quantitative estimate of drug-likeness (QED) is 0.834. The third-order valence-corrected chi connectivity index (χ3v) is 4.72. The maximum Gasteiger partial charge on any atom is 0.325 e. The molecule has 1 aliphatic heterocycles. The standard InChI is InChI=1S/C16H16BrN3O3/c1-9-13(10(2)23-19-9)8-20-14(21)16(3,18-15(20)22)11-4-6-12(17)7-5-11/h4-7H,8H2,1-3H3,(H,18,22). The van der Waals surface area contributed by atoms with E-state index in [0.717, 1.165) is 15.6 Å². The third kappa shape index (κ3) is 2.55. The summed E-state index contributed by atoms with van der Waals surface area (Å²) in [4.78, 5) is 26.4. The number of hydrogen-bond acceptors (Lipinski definition) is 4. The van der Waals surface area contributed by atoms with Crippen LogP contribution in [0.5, 0.6) is 0 Å². The van der Waals surface area contributed by atoms with E-state index in [2.05, 4.69) is 26.4 Å². The highest BCUT2D eigenvalue weighted by molar-refractivity contribution is 9.10. The van der Waals surface area contributed by atoms with Crippen LogP contribution >= 0.6 is 15.9 Å². The lowest BCUT2D eigenvalue weighted by molar-refractivity contribution is -0.131. The molecule has 0 aliphatic carbocycles. The van der Waals surface area contributed by atoms with Crippen LogP contribution in [0.1, 0.15) is 29.5 Å². The zero-order chi connectivity index (χ0) is 16.8. The van der Waals surface area contributed by atoms with E-state index >= 15 is 0 Å². The van der Waals surface area contributed by atoms with E-state index in [9.17, 15) is 9.59 Å². The van der Waals surface area contributed by atoms with Gasteiger partial charge in [0.05, 0.1) is 12.2 Å². The minimum Gasteiger partial charge on any atom is -0.361 e. The molecule has 1 aromatic carbocycles. The first-order valence-corrected chi connectivity index (χ1v) is 7.94. The van der Waals surface area contributed by atoms with Crippen molar-refractivity contribution < 1.29 is 14.1 Å². The van der Waals surface area contributed by atoms with Crippen molar-refractivity contribution in [1.82, 2.24) is 15.4 Å². The van der Waals surface area contributed by atoms with Gasteiger partial charge in [0.1, 0.15) is 11.3 Å². The van der Waals surface area contributed by atoms with Crippen LogP contribution in [0.2, 0.25) is 0 Å². The molecule has 7 heteroatoms. The minimum absolute atomic E-state index is 0.151. The number of carbonyl (C=O) groups excluding carboxylic acids is 2. The van der Waals surface area contributed by atoms with Gasteiger partial charge >= 0.3 is 6.03 Å². The first-order valence-electron chi connectivity index (χ1n) is 7.15. The van der Waals surface area contributed by atoms with E-state index in [0.29, 0.717) is 11.5 Å². The number of imide groups is 1. The lowest BCUT2D eigenvalue weighted by Crippen LogP contribution is -2.40. The average molecular weight is 378 g/mol. The van der Waals surface area contributed by atoms with Gasteiger partial charge in [-0.15, -0.1) is 0 Å². The molecular formula is C16H16BrN3O3. The molecule has 23 heavy (non-hydrogen) atoms. The molecule has 3 rings (SSSR count). The Morgan fingerprint density at radius 3 is 2.48 bits per heavy atom. The second-order valence-electron chi connectivity index (χ2n) is 5.76. The van der Waals surface area contributed by atoms with E-state index < -0.39 is 11.6 Å². The van der Waals surface area contributed by atoms with Crippen LogP contribution in [0.25, 0.3) is 0 Å². The number of halogens is 1. The maximum atomic E-state index is 12.9. The second kappa shape index (κ2) is 5.49. The van der Waals surface area contributed by atoms with E-state index in [1.807, 2.05) is 24.3 Å². The lowest BCUT2D eigenvalue weighted by atomic mass is 9.92. The Morgan fingerprint density at radius 2 is 1.91 bits per heavy atom. The number of urea groups is 1. The van der Waals surface area contributed by atoms with Gasteiger partial charge in [-0.2, -0.15) is 0 Å². The topological polar surface area (TPSA) is 75.4 Å². The van der Waals surface area contributed by atoms with Crippen molar-refractivity contribution in [3.63, 3.8) is 0 Å². The molecule has 0 bridgehead atoms. The summed E-state index contributed by atoms with van der Waals surface area (Å²) >= 11 is 3.37. The number of benzene rings is 1. The molecule has 3 amide bonds. The van der Waals surface area contributed by atoms with Crippen molar-refractivity contribution in [3.8, 4) is 0 Å². The highest BCUT2D eigenvalue weighted by Gasteiger charge is 2.49. The number of carbonyl (C=O) groups is 2. The first kappa shape index (κ1) is 15.7. The molecule has 0 saturated carbocycles.